The summed E-state index contributed by atoms with van der Waals surface area (Å²) < 4.78 is 5.68. The van der Waals surface area contributed by atoms with Crippen LogP contribution >= 0.6 is 0 Å². The predicted molar refractivity (Wildman–Crippen MR) is 132 cm³/mol. The Labute approximate surface area is 192 Å². The van der Waals surface area contributed by atoms with Crippen LogP contribution in [0.1, 0.15) is 67.0 Å². The number of nitrogens with zero attached hydrogens (tertiary/aromatic N) is 1. The second kappa shape index (κ2) is 10.4. The Morgan fingerprint density at radius 3 is 1.97 bits per heavy atom. The summed E-state index contributed by atoms with van der Waals surface area (Å²) in [6, 6.07) is 26.6. The summed E-state index contributed by atoms with van der Waals surface area (Å²) in [4.78, 5) is 17.9. The number of carbonyl (C=O) groups is 1. The topological polar surface area (TPSA) is 38.7 Å². The molecule has 3 aromatic rings. The summed E-state index contributed by atoms with van der Waals surface area (Å²) in [7, 11) is 0. The average Bonchev–Trinajstić information content (AvgIpc) is 2.75. The minimum Gasteiger partial charge on any atom is -0.460 e. The average molecular weight is 428 g/mol. The van der Waals surface area contributed by atoms with Gasteiger partial charge in [-0.2, -0.15) is 0 Å². The molecule has 0 fully saturated rings. The van der Waals surface area contributed by atoms with Gasteiger partial charge in [-0.1, -0.05) is 90.0 Å². The number of benzene rings is 3. The molecule has 0 aromatic heterocycles. The third-order valence-electron chi connectivity index (χ3n) is 5.30. The molecule has 3 rings (SSSR count). The van der Waals surface area contributed by atoms with Crippen LogP contribution in [0.25, 0.3) is 0 Å². The summed E-state index contributed by atoms with van der Waals surface area (Å²) >= 11 is 0. The minimum absolute atomic E-state index is 0.143. The summed E-state index contributed by atoms with van der Waals surface area (Å²) in [6.45, 7) is 9.84. The van der Waals surface area contributed by atoms with Gasteiger partial charge in [0.1, 0.15) is 5.60 Å². The van der Waals surface area contributed by atoms with Gasteiger partial charge >= 0.3 is 5.97 Å². The van der Waals surface area contributed by atoms with Gasteiger partial charge in [-0.25, -0.2) is 0 Å². The molecule has 0 radical (unpaired) electrons. The van der Waals surface area contributed by atoms with Crippen molar-refractivity contribution in [3.63, 3.8) is 0 Å². The smallest absolute Gasteiger partial charge is 0.307 e. The number of aryl methyl sites for hydroxylation is 2. The molecule has 0 aliphatic heterocycles. The Bertz CT molecular complexity index is 1030. The largest absolute Gasteiger partial charge is 0.460 e. The number of hydrogen-bond donors (Lipinski definition) is 0. The van der Waals surface area contributed by atoms with Gasteiger partial charge < -0.3 is 4.74 Å². The molecule has 0 aliphatic rings. The number of ether oxygens (including phenoxy) is 1. The lowest BCUT2D eigenvalue weighted by Gasteiger charge is -2.27. The molecule has 3 heteroatoms. The Morgan fingerprint density at radius 2 is 1.41 bits per heavy atom. The van der Waals surface area contributed by atoms with E-state index in [0.29, 0.717) is 0 Å². The Morgan fingerprint density at radius 1 is 0.844 bits per heavy atom. The van der Waals surface area contributed by atoms with E-state index in [4.69, 9.17) is 9.73 Å². The summed E-state index contributed by atoms with van der Waals surface area (Å²) in [5.74, 6) is -0.357. The molecular weight excluding hydrogens is 394 g/mol. The molecule has 166 valence electrons. The summed E-state index contributed by atoms with van der Waals surface area (Å²) in [5, 5.41) is 0. The highest BCUT2D eigenvalue weighted by atomic mass is 16.6. The zero-order valence-corrected chi connectivity index (χ0v) is 19.7. The first-order chi connectivity index (χ1) is 15.2. The van der Waals surface area contributed by atoms with Crippen LogP contribution in [-0.2, 0) is 9.53 Å². The first-order valence-electron chi connectivity index (χ1n) is 11.1. The van der Waals surface area contributed by atoms with Gasteiger partial charge in [0.05, 0.1) is 12.5 Å². The second-order valence-corrected chi connectivity index (χ2v) is 9.35. The van der Waals surface area contributed by atoms with Crippen LogP contribution in [0.15, 0.2) is 83.9 Å². The molecule has 0 saturated heterocycles. The van der Waals surface area contributed by atoms with Crippen LogP contribution in [0, 0.1) is 13.8 Å². The molecule has 0 amide bonds. The van der Waals surface area contributed by atoms with Crippen molar-refractivity contribution in [3.8, 4) is 0 Å². The number of carbonyl (C=O) groups excluding carboxylic acids is 1. The Hall–Kier alpha value is -3.20. The predicted octanol–water partition coefficient (Wildman–Crippen LogP) is 6.98. The zero-order valence-electron chi connectivity index (χ0n) is 19.7. The fourth-order valence-corrected chi connectivity index (χ4v) is 3.68. The van der Waals surface area contributed by atoms with Crippen molar-refractivity contribution in [2.75, 3.05) is 0 Å². The van der Waals surface area contributed by atoms with Crippen molar-refractivity contribution in [1.82, 2.24) is 0 Å². The van der Waals surface area contributed by atoms with E-state index >= 15 is 0 Å². The highest BCUT2D eigenvalue weighted by Gasteiger charge is 2.29. The van der Waals surface area contributed by atoms with E-state index in [1.807, 2.05) is 45.2 Å². The SMILES string of the molecule is Cc1ccc(C=N[C@H](c2ccc(C)cc2)[C@@H](CC(=O)OC(C)(C)C)c2ccccc2)cc1. The lowest BCUT2D eigenvalue weighted by atomic mass is 9.84. The standard InChI is InChI=1S/C29H33NO2/c1-21-11-15-23(16-12-21)20-30-28(25-17-13-22(2)14-18-25)26(24-9-7-6-8-10-24)19-27(31)32-29(3,4)5/h6-18,20,26,28H,19H2,1-5H3/t26-,28+/m0/s1. The van der Waals surface area contributed by atoms with Crippen LogP contribution in [0.3, 0.4) is 0 Å². The Balaban J connectivity index is 2.02. The number of aliphatic imine (C=N–C) groups is 1. The van der Waals surface area contributed by atoms with E-state index in [1.54, 1.807) is 0 Å². The van der Waals surface area contributed by atoms with Crippen molar-refractivity contribution in [3.05, 3.63) is 107 Å². The number of rotatable bonds is 7. The third kappa shape index (κ3) is 6.91. The molecule has 0 aliphatic carbocycles. The maximum absolute atomic E-state index is 12.9. The van der Waals surface area contributed by atoms with Crippen LogP contribution in [-0.4, -0.2) is 17.8 Å². The van der Waals surface area contributed by atoms with E-state index in [-0.39, 0.29) is 24.3 Å². The lowest BCUT2D eigenvalue weighted by Crippen LogP contribution is -2.26. The van der Waals surface area contributed by atoms with Crippen molar-refractivity contribution < 1.29 is 9.53 Å². The fraction of sp³-hybridized carbons (Fsp3) is 0.310. The van der Waals surface area contributed by atoms with E-state index in [0.717, 1.165) is 16.7 Å². The van der Waals surface area contributed by atoms with Crippen molar-refractivity contribution in [2.45, 2.75) is 58.6 Å². The molecule has 32 heavy (non-hydrogen) atoms. The molecule has 0 bridgehead atoms. The maximum Gasteiger partial charge on any atom is 0.307 e. The van der Waals surface area contributed by atoms with E-state index < -0.39 is 5.60 Å². The van der Waals surface area contributed by atoms with Crippen LogP contribution in [0.5, 0.6) is 0 Å². The normalized spacial score (nSPS) is 13.7. The number of hydrogen-bond acceptors (Lipinski definition) is 3. The van der Waals surface area contributed by atoms with E-state index in [9.17, 15) is 4.79 Å². The third-order valence-corrected chi connectivity index (χ3v) is 5.30. The molecule has 0 unspecified atom stereocenters. The van der Waals surface area contributed by atoms with Gasteiger partial charge in [0, 0.05) is 12.1 Å². The van der Waals surface area contributed by atoms with Crippen LogP contribution < -0.4 is 0 Å². The second-order valence-electron chi connectivity index (χ2n) is 9.35. The van der Waals surface area contributed by atoms with Crippen LogP contribution in [0.4, 0.5) is 0 Å². The van der Waals surface area contributed by atoms with E-state index in [2.05, 4.69) is 74.5 Å². The highest BCUT2D eigenvalue weighted by molar-refractivity contribution is 5.80. The monoisotopic (exact) mass is 427 g/mol. The number of esters is 1. The highest BCUT2D eigenvalue weighted by Crippen LogP contribution is 2.37. The molecule has 0 saturated carbocycles. The Kier molecular flexibility index (Phi) is 7.63. The first kappa shape index (κ1) is 23.5. The maximum atomic E-state index is 12.9. The summed E-state index contributed by atoms with van der Waals surface area (Å²) in [5.41, 5.74) is 5.07. The molecular formula is C29H33NO2. The van der Waals surface area contributed by atoms with Gasteiger partial charge in [-0.15, -0.1) is 0 Å². The van der Waals surface area contributed by atoms with Crippen molar-refractivity contribution in [2.24, 2.45) is 4.99 Å². The van der Waals surface area contributed by atoms with Gasteiger partial charge in [0.25, 0.3) is 0 Å². The van der Waals surface area contributed by atoms with Gasteiger partial charge in [0.2, 0.25) is 0 Å². The van der Waals surface area contributed by atoms with E-state index in [1.165, 1.54) is 11.1 Å². The van der Waals surface area contributed by atoms with Gasteiger partial charge in [-0.05, 0) is 51.3 Å². The van der Waals surface area contributed by atoms with Crippen LogP contribution in [0.2, 0.25) is 0 Å². The summed E-state index contributed by atoms with van der Waals surface area (Å²) in [6.07, 6.45) is 2.17. The molecule has 3 nitrogen and oxygen atoms in total. The quantitative estimate of drug-likeness (QED) is 0.301. The first-order valence-corrected chi connectivity index (χ1v) is 11.1. The molecule has 2 atom stereocenters. The molecule has 0 N–H and O–H groups in total. The van der Waals surface area contributed by atoms with Crippen molar-refractivity contribution >= 4 is 12.2 Å². The molecule has 0 spiro atoms. The molecule has 3 aromatic carbocycles. The minimum atomic E-state index is -0.525. The van der Waals surface area contributed by atoms with Gasteiger partial charge in [0.15, 0.2) is 0 Å². The molecule has 0 heterocycles. The van der Waals surface area contributed by atoms with Gasteiger partial charge in [-0.3, -0.25) is 9.79 Å². The zero-order chi connectivity index (χ0) is 23.1. The fourth-order valence-electron chi connectivity index (χ4n) is 3.68. The van der Waals surface area contributed by atoms with Crippen molar-refractivity contribution in [1.29, 1.82) is 0 Å². The lowest BCUT2D eigenvalue weighted by molar-refractivity contribution is -0.155.